The van der Waals surface area contributed by atoms with Crippen LogP contribution in [0.25, 0.3) is 0 Å². The molecule has 0 heterocycles. The summed E-state index contributed by atoms with van der Waals surface area (Å²) in [6, 6.07) is 0. The second-order valence-corrected chi connectivity index (χ2v) is 4.14. The van der Waals surface area contributed by atoms with E-state index in [0.29, 0.717) is 17.9 Å². The summed E-state index contributed by atoms with van der Waals surface area (Å²) in [5.74, 6) is 0.151. The van der Waals surface area contributed by atoms with E-state index in [1.165, 1.54) is 0 Å². The van der Waals surface area contributed by atoms with Gasteiger partial charge in [-0.3, -0.25) is 4.79 Å². The molecule has 1 N–H and O–H groups in total. The maximum atomic E-state index is 11.5. The zero-order valence-electron chi connectivity index (χ0n) is 9.00. The Kier molecular flexibility index (Phi) is 4.92. The number of carbonyl (C=O) groups excluding carboxylic acids is 1. The van der Waals surface area contributed by atoms with Crippen LogP contribution in [0.5, 0.6) is 0 Å². The molecule has 0 fully saturated rings. The van der Waals surface area contributed by atoms with Gasteiger partial charge in [-0.05, 0) is 12.8 Å². The van der Waals surface area contributed by atoms with Crippen LogP contribution in [-0.4, -0.2) is 17.0 Å². The lowest BCUT2D eigenvalue weighted by Gasteiger charge is -2.18. The molecule has 0 saturated heterocycles. The molecule has 0 aromatic carbocycles. The van der Waals surface area contributed by atoms with Crippen LogP contribution < -0.4 is 0 Å². The molecule has 2 nitrogen and oxygen atoms in total. The van der Waals surface area contributed by atoms with Crippen LogP contribution in [0.1, 0.15) is 34.1 Å². The van der Waals surface area contributed by atoms with Gasteiger partial charge in [-0.1, -0.05) is 32.9 Å². The van der Waals surface area contributed by atoms with Crippen molar-refractivity contribution >= 4 is 5.78 Å². The van der Waals surface area contributed by atoms with E-state index in [0.717, 1.165) is 0 Å². The number of hydrogen-bond donors (Lipinski definition) is 1. The van der Waals surface area contributed by atoms with Crippen molar-refractivity contribution in [2.24, 2.45) is 11.8 Å². The van der Waals surface area contributed by atoms with Gasteiger partial charge >= 0.3 is 0 Å². The van der Waals surface area contributed by atoms with E-state index in [1.54, 1.807) is 13.8 Å². The Bertz CT molecular complexity index is 194. The topological polar surface area (TPSA) is 37.3 Å². The van der Waals surface area contributed by atoms with Crippen LogP contribution in [0.3, 0.4) is 0 Å². The van der Waals surface area contributed by atoms with Gasteiger partial charge in [-0.25, -0.2) is 0 Å². The van der Waals surface area contributed by atoms with E-state index in [9.17, 15) is 9.90 Å². The van der Waals surface area contributed by atoms with Gasteiger partial charge in [0.1, 0.15) is 5.78 Å². The summed E-state index contributed by atoms with van der Waals surface area (Å²) < 4.78 is 0. The number of carbonyl (C=O) groups is 1. The summed E-state index contributed by atoms with van der Waals surface area (Å²) in [5.41, 5.74) is 0.657. The third-order valence-corrected chi connectivity index (χ3v) is 2.10. The zero-order valence-corrected chi connectivity index (χ0v) is 9.00. The van der Waals surface area contributed by atoms with E-state index in [2.05, 4.69) is 6.58 Å². The fourth-order valence-electron chi connectivity index (χ4n) is 1.19. The van der Waals surface area contributed by atoms with Gasteiger partial charge in [0.15, 0.2) is 0 Å². The first-order valence-corrected chi connectivity index (χ1v) is 4.72. The number of rotatable bonds is 5. The molecule has 76 valence electrons. The molecule has 2 heteroatoms. The molecule has 0 aliphatic heterocycles. The Morgan fingerprint density at radius 3 is 2.15 bits per heavy atom. The molecular weight excluding hydrogens is 164 g/mol. The van der Waals surface area contributed by atoms with Crippen LogP contribution >= 0.6 is 0 Å². The summed E-state index contributed by atoms with van der Waals surface area (Å²) in [6.07, 6.45) is -0.155. The summed E-state index contributed by atoms with van der Waals surface area (Å²) >= 11 is 0. The molecule has 0 aromatic heterocycles. The minimum absolute atomic E-state index is 0.116. The number of Topliss-reactive ketones (excluding diaryl/α,β-unsaturated/α-hetero) is 1. The highest BCUT2D eigenvalue weighted by Gasteiger charge is 2.22. The molecule has 0 rings (SSSR count). The highest BCUT2D eigenvalue weighted by atomic mass is 16.3. The second-order valence-electron chi connectivity index (χ2n) is 4.14. The van der Waals surface area contributed by atoms with Crippen molar-refractivity contribution < 1.29 is 9.90 Å². The SMILES string of the molecule is C=C(C)C(O)C(C)C(=O)CC(C)C. The Morgan fingerprint density at radius 1 is 1.38 bits per heavy atom. The first kappa shape index (κ1) is 12.4. The maximum absolute atomic E-state index is 11.5. The summed E-state index contributed by atoms with van der Waals surface area (Å²) in [5, 5.41) is 9.56. The lowest BCUT2D eigenvalue weighted by atomic mass is 9.90. The number of ketones is 1. The number of hydrogen-bond acceptors (Lipinski definition) is 2. The molecule has 0 spiro atoms. The van der Waals surface area contributed by atoms with Gasteiger partial charge in [0.2, 0.25) is 0 Å². The summed E-state index contributed by atoms with van der Waals surface area (Å²) in [7, 11) is 0. The standard InChI is InChI=1S/C11H20O2/c1-7(2)6-10(12)9(5)11(13)8(3)4/h7,9,11,13H,3,6H2,1-2,4-5H3. The Morgan fingerprint density at radius 2 is 1.85 bits per heavy atom. The average Bonchev–Trinajstić information content (AvgIpc) is 2.00. The highest BCUT2D eigenvalue weighted by molar-refractivity contribution is 5.81. The third-order valence-electron chi connectivity index (χ3n) is 2.10. The van der Waals surface area contributed by atoms with Crippen LogP contribution in [0.4, 0.5) is 0 Å². The first-order valence-electron chi connectivity index (χ1n) is 4.72. The molecule has 0 aliphatic rings. The predicted molar refractivity (Wildman–Crippen MR) is 54.4 cm³/mol. The average molecular weight is 184 g/mol. The molecule has 0 aromatic rings. The molecule has 0 radical (unpaired) electrons. The van der Waals surface area contributed by atoms with Crippen molar-refractivity contribution in [3.63, 3.8) is 0 Å². The number of aliphatic hydroxyl groups excluding tert-OH is 1. The first-order chi connectivity index (χ1) is 5.86. The molecule has 0 aliphatic carbocycles. The lowest BCUT2D eigenvalue weighted by molar-refractivity contribution is -0.125. The summed E-state index contributed by atoms with van der Waals surface area (Å²) in [6.45, 7) is 11.1. The van der Waals surface area contributed by atoms with Crippen LogP contribution in [0.2, 0.25) is 0 Å². The highest BCUT2D eigenvalue weighted by Crippen LogP contribution is 2.15. The Balaban J connectivity index is 4.17. The zero-order chi connectivity index (χ0) is 10.6. The van der Waals surface area contributed by atoms with Gasteiger partial charge in [0, 0.05) is 12.3 Å². The van der Waals surface area contributed by atoms with Crippen LogP contribution in [0.15, 0.2) is 12.2 Å². The number of aliphatic hydroxyl groups is 1. The van der Waals surface area contributed by atoms with Gasteiger partial charge in [-0.15, -0.1) is 0 Å². The monoisotopic (exact) mass is 184 g/mol. The second kappa shape index (κ2) is 5.18. The molecule has 2 unspecified atom stereocenters. The third kappa shape index (κ3) is 4.23. The van der Waals surface area contributed by atoms with Crippen molar-refractivity contribution in [2.75, 3.05) is 0 Å². The van der Waals surface area contributed by atoms with Gasteiger partial charge < -0.3 is 5.11 Å². The Labute approximate surface area is 80.7 Å². The predicted octanol–water partition coefficient (Wildman–Crippen LogP) is 2.17. The Hall–Kier alpha value is -0.630. The fourth-order valence-corrected chi connectivity index (χ4v) is 1.19. The normalized spacial score (nSPS) is 15.5. The van der Waals surface area contributed by atoms with Gasteiger partial charge in [-0.2, -0.15) is 0 Å². The van der Waals surface area contributed by atoms with E-state index in [1.807, 2.05) is 13.8 Å². The maximum Gasteiger partial charge on any atom is 0.138 e. The van der Waals surface area contributed by atoms with E-state index in [4.69, 9.17) is 0 Å². The smallest absolute Gasteiger partial charge is 0.138 e. The molecule has 0 saturated carbocycles. The molecule has 0 amide bonds. The molecule has 0 bridgehead atoms. The van der Waals surface area contributed by atoms with Gasteiger partial charge in [0.05, 0.1) is 6.10 Å². The quantitative estimate of drug-likeness (QED) is 0.665. The largest absolute Gasteiger partial charge is 0.388 e. The molecule has 2 atom stereocenters. The van der Waals surface area contributed by atoms with Crippen molar-refractivity contribution in [1.29, 1.82) is 0 Å². The van der Waals surface area contributed by atoms with Crippen molar-refractivity contribution in [3.05, 3.63) is 12.2 Å². The molecular formula is C11H20O2. The van der Waals surface area contributed by atoms with Crippen molar-refractivity contribution in [3.8, 4) is 0 Å². The fraction of sp³-hybridized carbons (Fsp3) is 0.727. The van der Waals surface area contributed by atoms with Gasteiger partial charge in [0.25, 0.3) is 0 Å². The minimum Gasteiger partial charge on any atom is -0.388 e. The van der Waals surface area contributed by atoms with Crippen molar-refractivity contribution in [2.45, 2.75) is 40.2 Å². The lowest BCUT2D eigenvalue weighted by Crippen LogP contribution is -2.27. The van der Waals surface area contributed by atoms with E-state index in [-0.39, 0.29) is 11.7 Å². The summed E-state index contributed by atoms with van der Waals surface area (Å²) in [4.78, 5) is 11.5. The van der Waals surface area contributed by atoms with Crippen molar-refractivity contribution in [1.82, 2.24) is 0 Å². The van der Waals surface area contributed by atoms with E-state index < -0.39 is 6.10 Å². The minimum atomic E-state index is -0.689. The van der Waals surface area contributed by atoms with E-state index >= 15 is 0 Å². The van der Waals surface area contributed by atoms with Crippen LogP contribution in [-0.2, 0) is 4.79 Å². The molecule has 13 heavy (non-hydrogen) atoms. The van der Waals surface area contributed by atoms with Crippen LogP contribution in [0, 0.1) is 11.8 Å².